The van der Waals surface area contributed by atoms with Crippen molar-refractivity contribution in [1.82, 2.24) is 5.32 Å². The van der Waals surface area contributed by atoms with E-state index < -0.39 is 0 Å². The number of hydrogen-bond donors (Lipinski definition) is 1. The third-order valence-electron chi connectivity index (χ3n) is 4.16. The Bertz CT molecular complexity index is 152. The molecule has 0 atom stereocenters. The standard InChI is InChI=1S/C16H33N/c1-2-3-4-5-6-7-8-9-14-17-15-13-16-11-10-12-16/h16-17H,2-15H2,1H3. The third kappa shape index (κ3) is 8.65. The molecule has 1 nitrogen and oxygen atoms in total. The lowest BCUT2D eigenvalue weighted by Crippen LogP contribution is -2.22. The average Bonchev–Trinajstić information content (AvgIpc) is 2.28. The maximum Gasteiger partial charge on any atom is -0.00463 e. The van der Waals surface area contributed by atoms with Crippen LogP contribution in [0.5, 0.6) is 0 Å². The minimum absolute atomic E-state index is 1.07. The highest BCUT2D eigenvalue weighted by Gasteiger charge is 2.15. The zero-order chi connectivity index (χ0) is 12.2. The highest BCUT2D eigenvalue weighted by atomic mass is 14.8. The van der Waals surface area contributed by atoms with Crippen molar-refractivity contribution in [3.8, 4) is 0 Å². The molecule has 0 radical (unpaired) electrons. The molecular weight excluding hydrogens is 206 g/mol. The van der Waals surface area contributed by atoms with E-state index in [1.165, 1.54) is 90.1 Å². The van der Waals surface area contributed by atoms with Crippen LogP contribution in [0, 0.1) is 5.92 Å². The van der Waals surface area contributed by atoms with Gasteiger partial charge in [0, 0.05) is 0 Å². The quantitative estimate of drug-likeness (QED) is 0.477. The van der Waals surface area contributed by atoms with E-state index in [1.54, 1.807) is 0 Å². The van der Waals surface area contributed by atoms with Gasteiger partial charge in [-0.1, -0.05) is 71.1 Å². The number of nitrogens with one attached hydrogen (secondary N) is 1. The second-order valence-electron chi connectivity index (χ2n) is 5.81. The molecule has 1 aliphatic carbocycles. The van der Waals surface area contributed by atoms with Crippen LogP contribution < -0.4 is 5.32 Å². The van der Waals surface area contributed by atoms with Crippen LogP contribution in [-0.2, 0) is 0 Å². The van der Waals surface area contributed by atoms with Crippen LogP contribution in [0.2, 0.25) is 0 Å². The van der Waals surface area contributed by atoms with Gasteiger partial charge in [0.1, 0.15) is 0 Å². The van der Waals surface area contributed by atoms with Gasteiger partial charge in [-0.15, -0.1) is 0 Å². The second-order valence-corrected chi connectivity index (χ2v) is 5.81. The van der Waals surface area contributed by atoms with Crippen molar-refractivity contribution in [1.29, 1.82) is 0 Å². The van der Waals surface area contributed by atoms with Crippen LogP contribution in [-0.4, -0.2) is 13.1 Å². The SMILES string of the molecule is CCCCCCCCCCNCCC1CCC1. The normalized spacial score (nSPS) is 16.1. The first-order chi connectivity index (χ1) is 8.43. The Hall–Kier alpha value is -0.0400. The van der Waals surface area contributed by atoms with E-state index in [1.807, 2.05) is 0 Å². The van der Waals surface area contributed by atoms with Crippen LogP contribution in [0.4, 0.5) is 0 Å². The molecule has 0 aromatic carbocycles. The van der Waals surface area contributed by atoms with Crippen LogP contribution in [0.25, 0.3) is 0 Å². The molecule has 0 heterocycles. The van der Waals surface area contributed by atoms with Crippen LogP contribution >= 0.6 is 0 Å². The highest BCUT2D eigenvalue weighted by molar-refractivity contribution is 4.70. The van der Waals surface area contributed by atoms with Gasteiger partial charge in [0.25, 0.3) is 0 Å². The first-order valence-electron chi connectivity index (χ1n) is 8.14. The van der Waals surface area contributed by atoms with E-state index in [4.69, 9.17) is 0 Å². The molecule has 1 fully saturated rings. The van der Waals surface area contributed by atoms with Crippen LogP contribution in [0.3, 0.4) is 0 Å². The summed E-state index contributed by atoms with van der Waals surface area (Å²) in [5.74, 6) is 1.07. The molecule has 0 aliphatic heterocycles. The summed E-state index contributed by atoms with van der Waals surface area (Å²) < 4.78 is 0. The molecule has 0 bridgehead atoms. The topological polar surface area (TPSA) is 12.0 Å². The van der Waals surface area contributed by atoms with Gasteiger partial charge in [-0.3, -0.25) is 0 Å². The molecule has 1 rings (SSSR count). The van der Waals surface area contributed by atoms with Gasteiger partial charge < -0.3 is 5.32 Å². The molecule has 1 saturated carbocycles. The van der Waals surface area contributed by atoms with E-state index in [0.29, 0.717) is 0 Å². The van der Waals surface area contributed by atoms with Gasteiger partial charge in [-0.2, -0.15) is 0 Å². The zero-order valence-corrected chi connectivity index (χ0v) is 12.0. The molecule has 17 heavy (non-hydrogen) atoms. The predicted molar refractivity (Wildman–Crippen MR) is 77.4 cm³/mol. The lowest BCUT2D eigenvalue weighted by atomic mass is 9.83. The van der Waals surface area contributed by atoms with Gasteiger partial charge >= 0.3 is 0 Å². The maximum atomic E-state index is 3.60. The summed E-state index contributed by atoms with van der Waals surface area (Å²) in [5.41, 5.74) is 0. The minimum atomic E-state index is 1.07. The smallest absolute Gasteiger partial charge is 0.00463 e. The van der Waals surface area contributed by atoms with Gasteiger partial charge in [0.2, 0.25) is 0 Å². The molecule has 1 aliphatic rings. The molecule has 1 heteroatoms. The van der Waals surface area contributed by atoms with Crippen molar-refractivity contribution in [3.63, 3.8) is 0 Å². The molecular formula is C16H33N. The van der Waals surface area contributed by atoms with E-state index in [-0.39, 0.29) is 0 Å². The Labute approximate surface area is 109 Å². The van der Waals surface area contributed by atoms with Crippen molar-refractivity contribution >= 4 is 0 Å². The molecule has 0 aromatic heterocycles. The van der Waals surface area contributed by atoms with Crippen LogP contribution in [0.1, 0.15) is 84.0 Å². The summed E-state index contributed by atoms with van der Waals surface area (Å²) in [4.78, 5) is 0. The van der Waals surface area contributed by atoms with E-state index in [2.05, 4.69) is 12.2 Å². The van der Waals surface area contributed by atoms with Crippen molar-refractivity contribution in [2.24, 2.45) is 5.92 Å². The minimum Gasteiger partial charge on any atom is -0.317 e. The lowest BCUT2D eigenvalue weighted by Gasteiger charge is -2.25. The molecule has 0 saturated heterocycles. The molecule has 0 amide bonds. The Kier molecular flexibility index (Phi) is 9.78. The Balaban J connectivity index is 1.64. The summed E-state index contributed by atoms with van der Waals surface area (Å²) >= 11 is 0. The summed E-state index contributed by atoms with van der Waals surface area (Å²) in [6.45, 7) is 4.80. The van der Waals surface area contributed by atoms with Gasteiger partial charge in [0.05, 0.1) is 0 Å². The Morgan fingerprint density at radius 1 is 0.824 bits per heavy atom. The predicted octanol–water partition coefficient (Wildman–Crippen LogP) is 4.91. The molecule has 0 unspecified atom stereocenters. The van der Waals surface area contributed by atoms with Crippen molar-refractivity contribution < 1.29 is 0 Å². The molecule has 1 N–H and O–H groups in total. The number of rotatable bonds is 12. The fourth-order valence-corrected chi connectivity index (χ4v) is 2.60. The first-order valence-corrected chi connectivity index (χ1v) is 8.14. The maximum absolute atomic E-state index is 3.60. The second kappa shape index (κ2) is 11.1. The fraction of sp³-hybridized carbons (Fsp3) is 1.00. The average molecular weight is 239 g/mol. The van der Waals surface area contributed by atoms with Gasteiger partial charge in [-0.05, 0) is 31.8 Å². The Morgan fingerprint density at radius 2 is 1.47 bits per heavy atom. The molecule has 0 spiro atoms. The van der Waals surface area contributed by atoms with E-state index in [0.717, 1.165) is 5.92 Å². The van der Waals surface area contributed by atoms with Crippen molar-refractivity contribution in [3.05, 3.63) is 0 Å². The fourth-order valence-electron chi connectivity index (χ4n) is 2.60. The zero-order valence-electron chi connectivity index (χ0n) is 12.0. The summed E-state index contributed by atoms with van der Waals surface area (Å²) in [6, 6.07) is 0. The third-order valence-corrected chi connectivity index (χ3v) is 4.16. The van der Waals surface area contributed by atoms with Crippen molar-refractivity contribution in [2.75, 3.05) is 13.1 Å². The van der Waals surface area contributed by atoms with Gasteiger partial charge in [0.15, 0.2) is 0 Å². The van der Waals surface area contributed by atoms with Crippen LogP contribution in [0.15, 0.2) is 0 Å². The van der Waals surface area contributed by atoms with E-state index in [9.17, 15) is 0 Å². The number of hydrogen-bond acceptors (Lipinski definition) is 1. The monoisotopic (exact) mass is 239 g/mol. The molecule has 0 aromatic rings. The molecule has 102 valence electrons. The largest absolute Gasteiger partial charge is 0.317 e. The summed E-state index contributed by atoms with van der Waals surface area (Å²) in [7, 11) is 0. The number of unbranched alkanes of at least 4 members (excludes halogenated alkanes) is 7. The summed E-state index contributed by atoms with van der Waals surface area (Å²) in [5, 5.41) is 3.60. The summed E-state index contributed by atoms with van der Waals surface area (Å²) in [6.07, 6.45) is 17.4. The Morgan fingerprint density at radius 3 is 2.06 bits per heavy atom. The highest BCUT2D eigenvalue weighted by Crippen LogP contribution is 2.28. The first kappa shape index (κ1) is 15.0. The lowest BCUT2D eigenvalue weighted by molar-refractivity contribution is 0.292. The van der Waals surface area contributed by atoms with E-state index >= 15 is 0 Å². The van der Waals surface area contributed by atoms with Crippen molar-refractivity contribution in [2.45, 2.75) is 84.0 Å². The van der Waals surface area contributed by atoms with Gasteiger partial charge in [-0.25, -0.2) is 0 Å².